The predicted molar refractivity (Wildman–Crippen MR) is 115 cm³/mol. The molecule has 0 spiro atoms. The quantitative estimate of drug-likeness (QED) is 0.443. The fraction of sp³-hybridized carbons (Fsp3) is 0.520. The lowest BCUT2D eigenvalue weighted by atomic mass is 9.64. The lowest BCUT2D eigenvalue weighted by Crippen LogP contribution is -2.48. The van der Waals surface area contributed by atoms with Gasteiger partial charge < -0.3 is 10.5 Å². The summed E-state index contributed by atoms with van der Waals surface area (Å²) < 4.78 is 85.5. The van der Waals surface area contributed by atoms with Gasteiger partial charge in [-0.1, -0.05) is 37.3 Å². The Balaban J connectivity index is 1.87. The van der Waals surface area contributed by atoms with Crippen LogP contribution in [0.2, 0.25) is 0 Å². The molecule has 0 aliphatic heterocycles. The Kier molecular flexibility index (Phi) is 7.20. The molecule has 2 nitrogen and oxygen atoms in total. The van der Waals surface area contributed by atoms with E-state index in [0.717, 1.165) is 49.8 Å². The normalized spacial score (nSPS) is 25.1. The first-order chi connectivity index (χ1) is 15.3. The van der Waals surface area contributed by atoms with Crippen LogP contribution in [0.15, 0.2) is 48.5 Å². The van der Waals surface area contributed by atoms with Gasteiger partial charge in [0, 0.05) is 11.0 Å². The van der Waals surface area contributed by atoms with Gasteiger partial charge in [0.2, 0.25) is 0 Å². The van der Waals surface area contributed by atoms with Gasteiger partial charge >= 0.3 is 12.4 Å². The van der Waals surface area contributed by atoms with Crippen LogP contribution in [0.3, 0.4) is 0 Å². The maximum Gasteiger partial charge on any atom is 0.416 e. The molecule has 1 aliphatic carbocycles. The molecule has 1 saturated carbocycles. The molecule has 0 saturated heterocycles. The molecule has 1 fully saturated rings. The van der Waals surface area contributed by atoms with Gasteiger partial charge in [0.25, 0.3) is 0 Å². The van der Waals surface area contributed by atoms with Crippen molar-refractivity contribution in [2.24, 2.45) is 5.73 Å². The SMILES string of the molecule is CC[C@]1(N)CC[C@](CO[C@H](C)c2cc(C(F)(F)F)cc(C(F)(F)F)c2)(c2ccccc2)CC1. The molecule has 0 radical (unpaired) electrons. The van der Waals surface area contributed by atoms with E-state index in [0.29, 0.717) is 0 Å². The third-order valence-electron chi connectivity index (χ3n) is 6.98. The molecular weight excluding hydrogens is 444 g/mol. The molecule has 8 heteroatoms. The standard InChI is InChI=1S/C25H29F6NO/c1-3-23(32)11-9-22(10-12-23,19-7-5-4-6-8-19)16-33-17(2)18-13-20(24(26,27)28)15-21(14-18)25(29,30)31/h4-8,13-15,17H,3,9-12,16,32H2,1-2H3/t17-,22-,23-/m1/s1. The topological polar surface area (TPSA) is 35.2 Å². The highest BCUT2D eigenvalue weighted by Gasteiger charge is 2.42. The van der Waals surface area contributed by atoms with Crippen molar-refractivity contribution in [2.45, 2.75) is 75.4 Å². The van der Waals surface area contributed by atoms with Crippen molar-refractivity contribution in [2.75, 3.05) is 6.61 Å². The zero-order valence-electron chi connectivity index (χ0n) is 18.7. The largest absolute Gasteiger partial charge is 0.416 e. The summed E-state index contributed by atoms with van der Waals surface area (Å²) in [7, 11) is 0. The molecule has 33 heavy (non-hydrogen) atoms. The molecular formula is C25H29F6NO. The van der Waals surface area contributed by atoms with E-state index < -0.39 is 35.0 Å². The van der Waals surface area contributed by atoms with Gasteiger partial charge in [-0.15, -0.1) is 0 Å². The Morgan fingerprint density at radius 1 is 0.879 bits per heavy atom. The first kappa shape index (κ1) is 25.6. The Morgan fingerprint density at radius 2 is 1.39 bits per heavy atom. The van der Waals surface area contributed by atoms with Gasteiger partial charge in [0.15, 0.2) is 0 Å². The van der Waals surface area contributed by atoms with Crippen molar-refractivity contribution in [3.8, 4) is 0 Å². The summed E-state index contributed by atoms with van der Waals surface area (Å²) in [6.07, 6.45) is -6.93. The second-order valence-corrected chi connectivity index (χ2v) is 9.15. The zero-order valence-corrected chi connectivity index (χ0v) is 18.7. The van der Waals surface area contributed by atoms with E-state index in [1.54, 1.807) is 0 Å². The average Bonchev–Trinajstić information content (AvgIpc) is 2.78. The smallest absolute Gasteiger partial charge is 0.373 e. The molecule has 1 aliphatic rings. The Hall–Kier alpha value is -2.06. The summed E-state index contributed by atoms with van der Waals surface area (Å²) in [6.45, 7) is 3.70. The molecule has 0 unspecified atom stereocenters. The number of hydrogen-bond donors (Lipinski definition) is 1. The van der Waals surface area contributed by atoms with Crippen LogP contribution in [0.4, 0.5) is 26.3 Å². The molecule has 1 atom stereocenters. The van der Waals surface area contributed by atoms with Crippen LogP contribution in [-0.2, 0) is 22.5 Å². The Bertz CT molecular complexity index is 898. The van der Waals surface area contributed by atoms with Crippen molar-refractivity contribution < 1.29 is 31.1 Å². The Morgan fingerprint density at radius 3 is 1.85 bits per heavy atom. The minimum Gasteiger partial charge on any atom is -0.373 e. The van der Waals surface area contributed by atoms with Crippen molar-refractivity contribution in [1.82, 2.24) is 0 Å². The van der Waals surface area contributed by atoms with Crippen LogP contribution in [0, 0.1) is 0 Å². The lowest BCUT2D eigenvalue weighted by Gasteiger charge is -2.45. The fourth-order valence-electron chi connectivity index (χ4n) is 4.48. The molecule has 0 heterocycles. The predicted octanol–water partition coefficient (Wildman–Crippen LogP) is 7.42. The minimum absolute atomic E-state index is 0.133. The summed E-state index contributed by atoms with van der Waals surface area (Å²) in [5, 5.41) is 0. The second kappa shape index (κ2) is 9.29. The van der Waals surface area contributed by atoms with Gasteiger partial charge in [0.05, 0.1) is 23.8 Å². The van der Waals surface area contributed by atoms with E-state index in [1.807, 2.05) is 37.3 Å². The summed E-state index contributed by atoms with van der Waals surface area (Å²) >= 11 is 0. The molecule has 0 bridgehead atoms. The number of alkyl halides is 6. The summed E-state index contributed by atoms with van der Waals surface area (Å²) in [5.74, 6) is 0. The molecule has 3 rings (SSSR count). The highest BCUT2D eigenvalue weighted by atomic mass is 19.4. The van der Waals surface area contributed by atoms with Crippen molar-refractivity contribution in [3.05, 3.63) is 70.8 Å². The monoisotopic (exact) mass is 473 g/mol. The van der Waals surface area contributed by atoms with E-state index in [-0.39, 0.29) is 23.8 Å². The third kappa shape index (κ3) is 5.90. The maximum absolute atomic E-state index is 13.2. The van der Waals surface area contributed by atoms with E-state index in [1.165, 1.54) is 6.92 Å². The minimum atomic E-state index is -4.89. The van der Waals surface area contributed by atoms with Gasteiger partial charge in [-0.3, -0.25) is 0 Å². The van der Waals surface area contributed by atoms with Crippen molar-refractivity contribution in [3.63, 3.8) is 0 Å². The second-order valence-electron chi connectivity index (χ2n) is 9.15. The van der Waals surface area contributed by atoms with E-state index >= 15 is 0 Å². The molecule has 2 N–H and O–H groups in total. The number of benzene rings is 2. The maximum atomic E-state index is 13.2. The number of hydrogen-bond acceptors (Lipinski definition) is 2. The molecule has 0 amide bonds. The Labute approximate surface area is 190 Å². The number of halogens is 6. The highest BCUT2D eigenvalue weighted by Crippen LogP contribution is 2.45. The van der Waals surface area contributed by atoms with Gasteiger partial charge in [-0.25, -0.2) is 0 Å². The van der Waals surface area contributed by atoms with Gasteiger partial charge in [0.1, 0.15) is 0 Å². The highest BCUT2D eigenvalue weighted by molar-refractivity contribution is 5.35. The van der Waals surface area contributed by atoms with E-state index in [2.05, 4.69) is 0 Å². The van der Waals surface area contributed by atoms with Crippen LogP contribution in [-0.4, -0.2) is 12.1 Å². The molecule has 2 aromatic rings. The van der Waals surface area contributed by atoms with E-state index in [9.17, 15) is 26.3 Å². The number of rotatable bonds is 6. The molecule has 182 valence electrons. The fourth-order valence-corrected chi connectivity index (χ4v) is 4.48. The number of ether oxygens (including phenoxy) is 1. The molecule has 2 aromatic carbocycles. The first-order valence-corrected chi connectivity index (χ1v) is 11.0. The van der Waals surface area contributed by atoms with Crippen molar-refractivity contribution >= 4 is 0 Å². The van der Waals surface area contributed by atoms with Crippen molar-refractivity contribution in [1.29, 1.82) is 0 Å². The van der Waals surface area contributed by atoms with Crippen LogP contribution in [0.1, 0.15) is 74.3 Å². The van der Waals surface area contributed by atoms with Crippen LogP contribution >= 0.6 is 0 Å². The van der Waals surface area contributed by atoms with Gasteiger partial charge in [-0.2, -0.15) is 26.3 Å². The molecule has 0 aromatic heterocycles. The van der Waals surface area contributed by atoms with Crippen LogP contribution in [0.25, 0.3) is 0 Å². The lowest BCUT2D eigenvalue weighted by molar-refractivity contribution is -0.143. The van der Waals surface area contributed by atoms with Crippen LogP contribution < -0.4 is 5.73 Å². The first-order valence-electron chi connectivity index (χ1n) is 11.0. The average molecular weight is 474 g/mol. The summed E-state index contributed by atoms with van der Waals surface area (Å²) in [4.78, 5) is 0. The summed E-state index contributed by atoms with van der Waals surface area (Å²) in [5.41, 5.74) is 4.00. The zero-order chi connectivity index (χ0) is 24.5. The number of nitrogens with two attached hydrogens (primary N) is 1. The van der Waals surface area contributed by atoms with Crippen LogP contribution in [0.5, 0.6) is 0 Å². The summed E-state index contributed by atoms with van der Waals surface area (Å²) in [6, 6.07) is 11.3. The van der Waals surface area contributed by atoms with E-state index in [4.69, 9.17) is 10.5 Å². The third-order valence-corrected chi connectivity index (χ3v) is 6.98. The van der Waals surface area contributed by atoms with Gasteiger partial charge in [-0.05, 0) is 68.4 Å².